The van der Waals surface area contributed by atoms with Crippen LogP contribution in [-0.2, 0) is 11.3 Å². The van der Waals surface area contributed by atoms with E-state index in [1.165, 1.54) is 0 Å². The molecule has 2 aromatic heterocycles. The lowest BCUT2D eigenvalue weighted by Gasteiger charge is -2.35. The number of amides is 2. The fraction of sp³-hybridized carbons (Fsp3) is 0.310. The molecule has 1 fully saturated rings. The molecule has 202 valence electrons. The average molecular weight is 547 g/mol. The van der Waals surface area contributed by atoms with Crippen molar-refractivity contribution in [1.29, 1.82) is 0 Å². The molecule has 2 aromatic carbocycles. The van der Waals surface area contributed by atoms with Gasteiger partial charge in [0.2, 0.25) is 0 Å². The van der Waals surface area contributed by atoms with Gasteiger partial charge in [-0.15, -0.1) is 0 Å². The van der Waals surface area contributed by atoms with Crippen molar-refractivity contribution >= 4 is 46.0 Å². The van der Waals surface area contributed by atoms with Gasteiger partial charge in [-0.05, 0) is 62.7 Å². The number of carbonyl (C=O) groups is 2. The first-order chi connectivity index (χ1) is 18.7. The van der Waals surface area contributed by atoms with E-state index in [1.54, 1.807) is 34.5 Å². The van der Waals surface area contributed by atoms with Crippen LogP contribution in [0.2, 0.25) is 5.15 Å². The maximum Gasteiger partial charge on any atom is 0.410 e. The van der Waals surface area contributed by atoms with Crippen LogP contribution < -0.4 is 4.90 Å². The maximum atomic E-state index is 13.9. The summed E-state index contributed by atoms with van der Waals surface area (Å²) < 4.78 is 5.49. The molecule has 0 radical (unpaired) electrons. The second-order valence-electron chi connectivity index (χ2n) is 10.5. The number of aromatic amines is 1. The number of anilines is 2. The number of ether oxygens (including phenoxy) is 1. The number of halogens is 1. The van der Waals surface area contributed by atoms with Gasteiger partial charge in [0.05, 0.1) is 23.2 Å². The van der Waals surface area contributed by atoms with E-state index in [0.717, 1.165) is 30.7 Å². The average Bonchev–Trinajstić information content (AvgIpc) is 3.39. The minimum Gasteiger partial charge on any atom is -0.444 e. The highest BCUT2D eigenvalue weighted by Crippen LogP contribution is 2.33. The van der Waals surface area contributed by atoms with Crippen LogP contribution >= 0.6 is 11.6 Å². The molecule has 1 saturated heterocycles. The number of pyridine rings is 1. The van der Waals surface area contributed by atoms with E-state index in [0.29, 0.717) is 40.7 Å². The fourth-order valence-corrected chi connectivity index (χ4v) is 4.75. The van der Waals surface area contributed by atoms with Crippen LogP contribution in [0.1, 0.15) is 36.7 Å². The van der Waals surface area contributed by atoms with Crippen LogP contribution in [0.3, 0.4) is 0 Å². The lowest BCUT2D eigenvalue weighted by Crippen LogP contribution is -2.49. The molecule has 3 heterocycles. The molecule has 0 atom stereocenters. The predicted octanol–water partition coefficient (Wildman–Crippen LogP) is 5.64. The Morgan fingerprint density at radius 1 is 1.03 bits per heavy atom. The summed E-state index contributed by atoms with van der Waals surface area (Å²) in [5, 5.41) is 0.293. The number of rotatable bonds is 5. The number of piperazine rings is 1. The van der Waals surface area contributed by atoms with E-state index in [2.05, 4.69) is 19.9 Å². The highest BCUT2D eigenvalue weighted by Gasteiger charge is 2.26. The van der Waals surface area contributed by atoms with Gasteiger partial charge in [0, 0.05) is 44.5 Å². The Morgan fingerprint density at radius 2 is 1.77 bits per heavy atom. The van der Waals surface area contributed by atoms with Gasteiger partial charge in [0.25, 0.3) is 5.91 Å². The molecule has 39 heavy (non-hydrogen) atoms. The van der Waals surface area contributed by atoms with Gasteiger partial charge in [0.15, 0.2) is 0 Å². The first kappa shape index (κ1) is 26.6. The predicted molar refractivity (Wildman–Crippen MR) is 151 cm³/mol. The molecule has 5 rings (SSSR count). The zero-order valence-electron chi connectivity index (χ0n) is 22.2. The molecule has 4 aromatic rings. The minimum atomic E-state index is -0.503. The summed E-state index contributed by atoms with van der Waals surface area (Å²) in [5.74, 6) is -0.203. The van der Waals surface area contributed by atoms with Crippen molar-refractivity contribution in [3.8, 4) is 0 Å². The van der Waals surface area contributed by atoms with Crippen LogP contribution in [0.25, 0.3) is 11.0 Å². The lowest BCUT2D eigenvalue weighted by atomic mass is 10.1. The smallest absolute Gasteiger partial charge is 0.410 e. The molecule has 10 heteroatoms. The van der Waals surface area contributed by atoms with E-state index in [1.807, 2.05) is 63.2 Å². The van der Waals surface area contributed by atoms with E-state index >= 15 is 0 Å². The van der Waals surface area contributed by atoms with Crippen LogP contribution in [0.15, 0.2) is 67.1 Å². The number of para-hydroxylation sites is 1. The molecule has 0 unspecified atom stereocenters. The third-order valence-corrected chi connectivity index (χ3v) is 6.68. The Hall–Kier alpha value is -3.95. The number of fused-ring (bicyclic) bond motifs is 1. The number of carbonyl (C=O) groups excluding carboxylic acids is 2. The molecule has 2 amide bonds. The summed E-state index contributed by atoms with van der Waals surface area (Å²) in [4.78, 5) is 43.5. The fourth-order valence-electron chi connectivity index (χ4n) is 4.58. The maximum absolute atomic E-state index is 13.9. The summed E-state index contributed by atoms with van der Waals surface area (Å²) >= 11 is 6.19. The summed E-state index contributed by atoms with van der Waals surface area (Å²) in [6.07, 6.45) is 2.92. The number of benzene rings is 2. The van der Waals surface area contributed by atoms with Crippen molar-refractivity contribution in [3.63, 3.8) is 0 Å². The topological polar surface area (TPSA) is 94.7 Å². The van der Waals surface area contributed by atoms with Gasteiger partial charge in [0.1, 0.15) is 16.3 Å². The summed E-state index contributed by atoms with van der Waals surface area (Å²) in [6.45, 7) is 9.10. The molecule has 0 spiro atoms. The quantitative estimate of drug-likeness (QED) is 0.325. The lowest BCUT2D eigenvalue weighted by molar-refractivity contribution is 0.0139. The van der Waals surface area contributed by atoms with E-state index in [9.17, 15) is 9.59 Å². The highest BCUT2D eigenvalue weighted by molar-refractivity contribution is 6.29. The third kappa shape index (κ3) is 6.21. The van der Waals surface area contributed by atoms with Crippen LogP contribution in [-0.4, -0.2) is 68.5 Å². The van der Waals surface area contributed by atoms with Gasteiger partial charge >= 0.3 is 6.09 Å². The molecule has 1 N–H and O–H groups in total. The van der Waals surface area contributed by atoms with Crippen LogP contribution in [0.5, 0.6) is 0 Å². The first-order valence-electron chi connectivity index (χ1n) is 12.9. The molecule has 0 aliphatic carbocycles. The number of aromatic nitrogens is 3. The van der Waals surface area contributed by atoms with Crippen LogP contribution in [0.4, 0.5) is 16.2 Å². The number of hydrogen-bond donors (Lipinski definition) is 1. The second kappa shape index (κ2) is 11.0. The third-order valence-electron chi connectivity index (χ3n) is 6.47. The summed E-state index contributed by atoms with van der Waals surface area (Å²) in [7, 11) is 0. The number of imidazole rings is 1. The monoisotopic (exact) mass is 546 g/mol. The number of H-pyrrole nitrogens is 1. The van der Waals surface area contributed by atoms with Gasteiger partial charge < -0.3 is 14.6 Å². The van der Waals surface area contributed by atoms with Gasteiger partial charge in [-0.25, -0.2) is 14.8 Å². The van der Waals surface area contributed by atoms with Crippen molar-refractivity contribution in [2.45, 2.75) is 32.9 Å². The molecule has 9 nitrogen and oxygen atoms in total. The van der Waals surface area contributed by atoms with Gasteiger partial charge in [-0.3, -0.25) is 14.6 Å². The molecule has 0 saturated carbocycles. The number of hydrogen-bond acceptors (Lipinski definition) is 6. The first-order valence-corrected chi connectivity index (χ1v) is 13.2. The molecular weight excluding hydrogens is 516 g/mol. The number of nitrogens with zero attached hydrogens (tertiary/aromatic N) is 5. The van der Waals surface area contributed by atoms with Crippen LogP contribution in [0, 0.1) is 0 Å². The van der Waals surface area contributed by atoms with Gasteiger partial charge in [-0.2, -0.15) is 0 Å². The largest absolute Gasteiger partial charge is 0.444 e. The minimum absolute atomic E-state index is 0.203. The molecule has 0 bridgehead atoms. The van der Waals surface area contributed by atoms with Crippen molar-refractivity contribution in [1.82, 2.24) is 24.8 Å². The Labute approximate surface area is 232 Å². The zero-order chi connectivity index (χ0) is 27.6. The second-order valence-corrected chi connectivity index (χ2v) is 10.9. The van der Waals surface area contributed by atoms with Crippen molar-refractivity contribution in [2.75, 3.05) is 31.1 Å². The summed E-state index contributed by atoms with van der Waals surface area (Å²) in [5.41, 5.74) is 3.88. The van der Waals surface area contributed by atoms with Crippen molar-refractivity contribution < 1.29 is 14.3 Å². The highest BCUT2D eigenvalue weighted by atomic mass is 35.5. The SMILES string of the molecule is CC(C)(C)OC(=O)N1CCN(Cc2ccc(C(=O)N(c3ccnc(Cl)c3)c3cccc4[nH]cnc34)cc2)CC1. The Morgan fingerprint density at radius 3 is 2.46 bits per heavy atom. The van der Waals surface area contributed by atoms with Crippen molar-refractivity contribution in [2.24, 2.45) is 0 Å². The molecule has 1 aliphatic heterocycles. The Balaban J connectivity index is 1.31. The molecule has 1 aliphatic rings. The normalized spacial score (nSPS) is 14.4. The Kier molecular flexibility index (Phi) is 7.54. The van der Waals surface area contributed by atoms with E-state index in [-0.39, 0.29) is 12.0 Å². The Bertz CT molecular complexity index is 1470. The van der Waals surface area contributed by atoms with Gasteiger partial charge in [-0.1, -0.05) is 29.8 Å². The summed E-state index contributed by atoms with van der Waals surface area (Å²) in [6, 6.07) is 16.7. The van der Waals surface area contributed by atoms with E-state index in [4.69, 9.17) is 16.3 Å². The zero-order valence-corrected chi connectivity index (χ0v) is 23.0. The van der Waals surface area contributed by atoms with E-state index < -0.39 is 5.60 Å². The number of nitrogens with one attached hydrogen (secondary N) is 1. The molecular formula is C29H31ClN6O3. The van der Waals surface area contributed by atoms with Crippen molar-refractivity contribution in [3.05, 3.63) is 83.4 Å². The standard InChI is InChI=1S/C29H31ClN6O3/c1-29(2,3)39-28(38)35-15-13-34(14-16-35)18-20-7-9-21(10-8-20)27(37)36(22-11-12-31-25(30)17-22)24-6-4-5-23-26(24)33-19-32-23/h4-12,17,19H,13-16,18H2,1-3H3,(H,32,33).